The molecule has 3 aliphatic heterocycles. The summed E-state index contributed by atoms with van der Waals surface area (Å²) in [6, 6.07) is -0.289. The summed E-state index contributed by atoms with van der Waals surface area (Å²) in [6.07, 6.45) is 7.57. The molecular weight excluding hydrogens is 539 g/mol. The van der Waals surface area contributed by atoms with Gasteiger partial charge in [0.05, 0.1) is 36.7 Å². The maximum atomic E-state index is 13.4. The number of carbonyl (C=O) groups excluding carboxylic acids is 1. The molecule has 1 N–H and O–H groups in total. The minimum Gasteiger partial charge on any atom is -0.443 e. The summed E-state index contributed by atoms with van der Waals surface area (Å²) >= 11 is 0. The third-order valence-corrected chi connectivity index (χ3v) is 9.76. The van der Waals surface area contributed by atoms with E-state index in [1.807, 2.05) is 12.5 Å². The third-order valence-electron chi connectivity index (χ3n) is 9.76. The van der Waals surface area contributed by atoms with Crippen LogP contribution in [0.5, 0.6) is 0 Å². The lowest BCUT2D eigenvalue weighted by Crippen LogP contribution is -2.56. The fourth-order valence-corrected chi connectivity index (χ4v) is 7.47. The minimum absolute atomic E-state index is 0.0201. The highest BCUT2D eigenvalue weighted by molar-refractivity contribution is 5.68. The number of likely N-dealkylation sites (tertiary alicyclic amines) is 1. The number of methoxy groups -OCH3 is 1. The van der Waals surface area contributed by atoms with Crippen LogP contribution in [0.1, 0.15) is 79.0 Å². The van der Waals surface area contributed by atoms with E-state index in [4.69, 9.17) is 18.9 Å². The zero-order valence-electron chi connectivity index (χ0n) is 26.5. The summed E-state index contributed by atoms with van der Waals surface area (Å²) < 4.78 is 40.0. The van der Waals surface area contributed by atoms with Crippen molar-refractivity contribution in [3.8, 4) is 0 Å². The van der Waals surface area contributed by atoms with Crippen LogP contribution in [0.2, 0.25) is 0 Å². The van der Waals surface area contributed by atoms with Crippen LogP contribution in [0.15, 0.2) is 24.2 Å². The second-order valence-corrected chi connectivity index (χ2v) is 13.9. The number of allylic oxidation sites excluding steroid dienone is 1. The van der Waals surface area contributed by atoms with Gasteiger partial charge >= 0.3 is 6.09 Å². The number of epoxide rings is 2. The molecule has 1 aromatic rings. The first kappa shape index (κ1) is 31.4. The van der Waals surface area contributed by atoms with Gasteiger partial charge in [0.1, 0.15) is 29.6 Å². The van der Waals surface area contributed by atoms with Crippen molar-refractivity contribution in [1.82, 2.24) is 19.8 Å². The Morgan fingerprint density at radius 3 is 2.71 bits per heavy atom. The first-order chi connectivity index (χ1) is 19.9. The molecule has 0 aromatic carbocycles. The molecule has 236 valence electrons. The lowest BCUT2D eigenvalue weighted by molar-refractivity contribution is -0.118. The topological polar surface area (TPSA) is 93.7 Å². The molecule has 10 heteroatoms. The number of hydrogen-bond donors (Lipinski definition) is 1. The fourth-order valence-electron chi connectivity index (χ4n) is 7.47. The van der Waals surface area contributed by atoms with Crippen molar-refractivity contribution >= 4 is 6.09 Å². The highest BCUT2D eigenvalue weighted by Gasteiger charge is 2.72. The maximum Gasteiger partial charge on any atom is 0.408 e. The van der Waals surface area contributed by atoms with Gasteiger partial charge in [0.2, 0.25) is 0 Å². The number of halogens is 1. The van der Waals surface area contributed by atoms with Gasteiger partial charge in [-0.3, -0.25) is 0 Å². The molecule has 0 radical (unpaired) electrons. The van der Waals surface area contributed by atoms with Gasteiger partial charge < -0.3 is 33.7 Å². The normalized spacial score (nSPS) is 35.7. The summed E-state index contributed by atoms with van der Waals surface area (Å²) in [4.78, 5) is 20.2. The van der Waals surface area contributed by atoms with Gasteiger partial charge in [-0.15, -0.1) is 0 Å². The maximum absolute atomic E-state index is 13.4. The van der Waals surface area contributed by atoms with Gasteiger partial charge in [0, 0.05) is 32.9 Å². The number of nitrogens with zero attached hydrogens (tertiary/aromatic N) is 3. The molecule has 9 atom stereocenters. The van der Waals surface area contributed by atoms with E-state index in [-0.39, 0.29) is 41.3 Å². The molecule has 1 saturated carbocycles. The van der Waals surface area contributed by atoms with Crippen LogP contribution in [0.4, 0.5) is 9.18 Å². The van der Waals surface area contributed by atoms with Crippen molar-refractivity contribution in [3.05, 3.63) is 29.9 Å². The molecule has 4 aliphatic rings. The monoisotopic (exact) mass is 590 g/mol. The lowest BCUT2D eigenvalue weighted by Gasteiger charge is -2.42. The SMILES string of the molecule is CO[C@@H]1[C@H](OC(=O)N[C@H](c2cn(C[C@H]3CCN(CC(C)F)C3)cn2)C(C)C)CC[C@]2(CO2)[C@H]1[C@@]1(C)O[C@@H]1CC=C(C)C. The number of rotatable bonds is 12. The standard InChI is InChI=1S/C32H51FN4O5/c1-20(2)8-9-26-31(6,42-26)29-28(39-7)25(10-12-32(29)18-40-32)41-30(38)35-27(21(3)4)24-17-37(19-34-24)16-23-11-13-36(15-23)14-22(5)33/h8,17,19,21-23,25-29H,9-16,18H2,1-7H3,(H,35,38)/t22?,23-,25+,26+,27-,28+,29+,31-,32-/m0/s1. The Morgan fingerprint density at radius 2 is 2.07 bits per heavy atom. The molecule has 3 saturated heterocycles. The van der Waals surface area contributed by atoms with Crippen molar-refractivity contribution in [2.45, 2.75) is 115 Å². The molecule has 4 fully saturated rings. The van der Waals surface area contributed by atoms with Crippen LogP contribution in [0.25, 0.3) is 0 Å². The summed E-state index contributed by atoms with van der Waals surface area (Å²) in [5, 5.41) is 3.09. The summed E-state index contributed by atoms with van der Waals surface area (Å²) in [5.41, 5.74) is 1.44. The van der Waals surface area contributed by atoms with E-state index < -0.39 is 18.4 Å². The summed E-state index contributed by atoms with van der Waals surface area (Å²) in [7, 11) is 1.69. The van der Waals surface area contributed by atoms with Gasteiger partial charge in [-0.25, -0.2) is 14.2 Å². The Bertz CT molecular complexity index is 1120. The number of ether oxygens (including phenoxy) is 4. The largest absolute Gasteiger partial charge is 0.443 e. The predicted molar refractivity (Wildman–Crippen MR) is 158 cm³/mol. The second kappa shape index (κ2) is 12.5. The van der Waals surface area contributed by atoms with E-state index in [0.29, 0.717) is 25.5 Å². The molecule has 1 amide bonds. The van der Waals surface area contributed by atoms with Gasteiger partial charge in [0.25, 0.3) is 0 Å². The number of alkyl carbamates (subject to hydrolysis) is 1. The molecule has 0 bridgehead atoms. The Balaban J connectivity index is 1.20. The van der Waals surface area contributed by atoms with E-state index in [0.717, 1.165) is 44.6 Å². The quantitative estimate of drug-likeness (QED) is 0.269. The van der Waals surface area contributed by atoms with Crippen LogP contribution in [-0.2, 0) is 25.5 Å². The van der Waals surface area contributed by atoms with Crippen LogP contribution < -0.4 is 5.32 Å². The molecule has 42 heavy (non-hydrogen) atoms. The average molecular weight is 591 g/mol. The van der Waals surface area contributed by atoms with Gasteiger partial charge in [-0.2, -0.15) is 0 Å². The summed E-state index contributed by atoms with van der Waals surface area (Å²) in [6.45, 7) is 15.9. The van der Waals surface area contributed by atoms with E-state index in [1.54, 1.807) is 14.0 Å². The van der Waals surface area contributed by atoms with Gasteiger partial charge in [0.15, 0.2) is 0 Å². The molecule has 1 aliphatic carbocycles. The minimum atomic E-state index is -0.808. The fraction of sp³-hybridized carbons (Fsp3) is 0.812. The van der Waals surface area contributed by atoms with Crippen molar-refractivity contribution in [3.63, 3.8) is 0 Å². The number of hydrogen-bond acceptors (Lipinski definition) is 7. The summed E-state index contributed by atoms with van der Waals surface area (Å²) in [5.74, 6) is 0.557. The molecule has 4 heterocycles. The number of nitrogens with one attached hydrogen (secondary N) is 1. The van der Waals surface area contributed by atoms with Gasteiger partial charge in [-0.1, -0.05) is 25.5 Å². The number of amides is 1. The number of aromatic nitrogens is 2. The Hall–Kier alpha value is -2.01. The Morgan fingerprint density at radius 1 is 1.31 bits per heavy atom. The van der Waals surface area contributed by atoms with Crippen molar-refractivity contribution < 1.29 is 28.1 Å². The molecule has 9 nitrogen and oxygen atoms in total. The molecule has 1 aromatic heterocycles. The van der Waals surface area contributed by atoms with E-state index in [2.05, 4.69) is 60.5 Å². The second-order valence-electron chi connectivity index (χ2n) is 13.9. The van der Waals surface area contributed by atoms with Crippen molar-refractivity contribution in [2.24, 2.45) is 17.8 Å². The van der Waals surface area contributed by atoms with Gasteiger partial charge in [-0.05, 0) is 71.8 Å². The smallest absolute Gasteiger partial charge is 0.408 e. The average Bonchev–Trinajstić information content (AvgIpc) is 3.69. The Kier molecular flexibility index (Phi) is 9.38. The number of carbonyl (C=O) groups is 1. The number of imidazole rings is 1. The highest BCUT2D eigenvalue weighted by Crippen LogP contribution is 2.59. The van der Waals surface area contributed by atoms with E-state index in [1.165, 1.54) is 5.57 Å². The molecule has 5 rings (SSSR count). The molecule has 1 spiro atoms. The van der Waals surface area contributed by atoms with Crippen LogP contribution in [-0.4, -0.2) is 89.6 Å². The van der Waals surface area contributed by atoms with Crippen molar-refractivity contribution in [1.29, 1.82) is 0 Å². The molecular formula is C32H51FN4O5. The zero-order chi connectivity index (χ0) is 30.2. The third kappa shape index (κ3) is 6.87. The predicted octanol–water partition coefficient (Wildman–Crippen LogP) is 5.06. The highest BCUT2D eigenvalue weighted by atomic mass is 19.1. The van der Waals surface area contributed by atoms with E-state index in [9.17, 15) is 9.18 Å². The number of alkyl halides is 1. The zero-order valence-corrected chi connectivity index (χ0v) is 26.5. The van der Waals surface area contributed by atoms with E-state index >= 15 is 0 Å². The first-order valence-electron chi connectivity index (χ1n) is 15.8. The van der Waals surface area contributed by atoms with Crippen LogP contribution >= 0.6 is 0 Å². The molecule has 1 unspecified atom stereocenters. The first-order valence-corrected chi connectivity index (χ1v) is 15.8. The van der Waals surface area contributed by atoms with Crippen LogP contribution in [0, 0.1) is 17.8 Å². The van der Waals surface area contributed by atoms with Crippen molar-refractivity contribution in [2.75, 3.05) is 33.4 Å². The Labute approximate surface area is 250 Å². The lowest BCUT2D eigenvalue weighted by atomic mass is 9.68. The van der Waals surface area contributed by atoms with Crippen LogP contribution in [0.3, 0.4) is 0 Å².